The summed E-state index contributed by atoms with van der Waals surface area (Å²) in [6, 6.07) is 7.96. The average Bonchev–Trinajstić information content (AvgIpc) is 2.02. The Balaban J connectivity index is 2.94. The summed E-state index contributed by atoms with van der Waals surface area (Å²) < 4.78 is 1.99. The van der Waals surface area contributed by atoms with Crippen LogP contribution in [-0.4, -0.2) is 4.98 Å². The van der Waals surface area contributed by atoms with Crippen molar-refractivity contribution >= 4 is 55.1 Å². The summed E-state index contributed by atoms with van der Waals surface area (Å²) in [5.74, 6) is 0.543. The van der Waals surface area contributed by atoms with Crippen LogP contribution in [0.4, 0.5) is 5.82 Å². The van der Waals surface area contributed by atoms with Gasteiger partial charge in [0, 0.05) is 8.96 Å². The lowest BCUT2D eigenvalue weighted by molar-refractivity contribution is 1.32. The van der Waals surface area contributed by atoms with Gasteiger partial charge in [0.2, 0.25) is 0 Å². The van der Waals surface area contributed by atoms with E-state index in [1.54, 1.807) is 0 Å². The number of halogens is 2. The van der Waals surface area contributed by atoms with E-state index >= 15 is 0 Å². The Bertz CT molecular complexity index is 470. The second-order valence-corrected chi connectivity index (χ2v) is 4.59. The van der Waals surface area contributed by atoms with Gasteiger partial charge >= 0.3 is 0 Å². The standard InChI is InChI=1S/C9H6BrIN2/c10-9-8-5(4-7(12)13-9)2-1-3-6(8)11/h1-4H,(H2,12,13). The summed E-state index contributed by atoms with van der Waals surface area (Å²) in [4.78, 5) is 4.15. The van der Waals surface area contributed by atoms with Crippen LogP contribution in [0.3, 0.4) is 0 Å². The number of aromatic nitrogens is 1. The van der Waals surface area contributed by atoms with Gasteiger partial charge in [0.15, 0.2) is 0 Å². The number of nitrogens with zero attached hydrogens (tertiary/aromatic N) is 1. The van der Waals surface area contributed by atoms with Gasteiger partial charge in [0.05, 0.1) is 0 Å². The maximum Gasteiger partial charge on any atom is 0.125 e. The van der Waals surface area contributed by atoms with Gasteiger partial charge in [-0.2, -0.15) is 0 Å². The Kier molecular flexibility index (Phi) is 2.42. The van der Waals surface area contributed by atoms with E-state index in [9.17, 15) is 0 Å². The zero-order valence-electron chi connectivity index (χ0n) is 6.59. The fraction of sp³-hybridized carbons (Fsp3) is 0. The molecule has 1 aromatic heterocycles. The van der Waals surface area contributed by atoms with Crippen LogP contribution in [0.2, 0.25) is 0 Å². The Morgan fingerprint density at radius 3 is 2.92 bits per heavy atom. The highest BCUT2D eigenvalue weighted by Crippen LogP contribution is 2.28. The van der Waals surface area contributed by atoms with Gasteiger partial charge in [-0.3, -0.25) is 0 Å². The molecule has 2 rings (SSSR count). The van der Waals surface area contributed by atoms with E-state index in [-0.39, 0.29) is 0 Å². The Hall–Kier alpha value is -0.360. The zero-order valence-corrected chi connectivity index (χ0v) is 10.3. The summed E-state index contributed by atoms with van der Waals surface area (Å²) in [6.45, 7) is 0. The number of fused-ring (bicyclic) bond motifs is 1. The molecular weight excluding hydrogens is 343 g/mol. The van der Waals surface area contributed by atoms with Crippen molar-refractivity contribution < 1.29 is 0 Å². The van der Waals surface area contributed by atoms with E-state index in [0.717, 1.165) is 15.4 Å². The topological polar surface area (TPSA) is 38.9 Å². The number of nitrogens with two attached hydrogens (primary N) is 1. The molecule has 0 saturated carbocycles. The number of nitrogen functional groups attached to an aromatic ring is 1. The van der Waals surface area contributed by atoms with Crippen molar-refractivity contribution in [1.29, 1.82) is 0 Å². The number of anilines is 1. The molecule has 0 aliphatic heterocycles. The molecule has 2 aromatic rings. The molecule has 1 heterocycles. The summed E-state index contributed by atoms with van der Waals surface area (Å²) in [7, 11) is 0. The quantitative estimate of drug-likeness (QED) is 0.586. The Morgan fingerprint density at radius 2 is 2.15 bits per heavy atom. The molecule has 4 heteroatoms. The van der Waals surface area contributed by atoms with Gasteiger partial charge in [0.1, 0.15) is 10.4 Å². The molecule has 2 nitrogen and oxygen atoms in total. The van der Waals surface area contributed by atoms with E-state index in [1.165, 1.54) is 3.57 Å². The maximum absolute atomic E-state index is 5.63. The molecule has 0 bridgehead atoms. The molecule has 0 aliphatic rings. The number of hydrogen-bond acceptors (Lipinski definition) is 2. The van der Waals surface area contributed by atoms with E-state index < -0.39 is 0 Å². The molecule has 2 N–H and O–H groups in total. The van der Waals surface area contributed by atoms with Crippen molar-refractivity contribution in [3.63, 3.8) is 0 Å². The molecule has 13 heavy (non-hydrogen) atoms. The van der Waals surface area contributed by atoms with Crippen LogP contribution in [-0.2, 0) is 0 Å². The van der Waals surface area contributed by atoms with Crippen molar-refractivity contribution in [2.75, 3.05) is 5.73 Å². The van der Waals surface area contributed by atoms with E-state index in [1.807, 2.05) is 24.3 Å². The first-order valence-electron chi connectivity index (χ1n) is 3.69. The van der Waals surface area contributed by atoms with Crippen LogP contribution in [0.5, 0.6) is 0 Å². The minimum atomic E-state index is 0.543. The van der Waals surface area contributed by atoms with Gasteiger partial charge in [-0.05, 0) is 56.0 Å². The fourth-order valence-corrected chi connectivity index (χ4v) is 3.03. The SMILES string of the molecule is Nc1cc2cccc(I)c2c(Br)n1. The normalized spacial score (nSPS) is 10.6. The van der Waals surface area contributed by atoms with Gasteiger partial charge in [-0.25, -0.2) is 4.98 Å². The minimum absolute atomic E-state index is 0.543. The van der Waals surface area contributed by atoms with E-state index in [4.69, 9.17) is 5.73 Å². The number of rotatable bonds is 0. The van der Waals surface area contributed by atoms with Crippen LogP contribution in [0.1, 0.15) is 0 Å². The number of benzene rings is 1. The highest BCUT2D eigenvalue weighted by Gasteiger charge is 2.04. The number of pyridine rings is 1. The maximum atomic E-state index is 5.63. The third kappa shape index (κ3) is 1.65. The molecule has 0 unspecified atom stereocenters. The third-order valence-electron chi connectivity index (χ3n) is 1.78. The molecule has 1 aromatic carbocycles. The van der Waals surface area contributed by atoms with Crippen LogP contribution in [0, 0.1) is 3.57 Å². The first-order chi connectivity index (χ1) is 6.18. The first-order valence-corrected chi connectivity index (χ1v) is 5.56. The predicted molar refractivity (Wildman–Crippen MR) is 66.6 cm³/mol. The molecule has 0 amide bonds. The average molecular weight is 349 g/mol. The van der Waals surface area contributed by atoms with Gasteiger partial charge in [-0.1, -0.05) is 12.1 Å². The second-order valence-electron chi connectivity index (χ2n) is 2.68. The molecule has 0 atom stereocenters. The van der Waals surface area contributed by atoms with Crippen molar-refractivity contribution in [3.05, 3.63) is 32.4 Å². The summed E-state index contributed by atoms with van der Waals surface area (Å²) in [5, 5.41) is 2.24. The van der Waals surface area contributed by atoms with Crippen molar-refractivity contribution in [3.8, 4) is 0 Å². The number of hydrogen-bond donors (Lipinski definition) is 1. The van der Waals surface area contributed by atoms with Crippen LogP contribution in [0.25, 0.3) is 10.8 Å². The van der Waals surface area contributed by atoms with E-state index in [2.05, 4.69) is 43.5 Å². The molecule has 0 aliphatic carbocycles. The molecule has 66 valence electrons. The van der Waals surface area contributed by atoms with Crippen molar-refractivity contribution in [2.24, 2.45) is 0 Å². The van der Waals surface area contributed by atoms with E-state index in [0.29, 0.717) is 5.82 Å². The lowest BCUT2D eigenvalue weighted by Gasteiger charge is -2.03. The molecule has 0 radical (unpaired) electrons. The molecule has 0 spiro atoms. The molecule has 0 saturated heterocycles. The minimum Gasteiger partial charge on any atom is -0.384 e. The lowest BCUT2D eigenvalue weighted by atomic mass is 10.2. The highest BCUT2D eigenvalue weighted by molar-refractivity contribution is 14.1. The fourth-order valence-electron chi connectivity index (χ4n) is 1.24. The summed E-state index contributed by atoms with van der Waals surface area (Å²) >= 11 is 5.69. The lowest BCUT2D eigenvalue weighted by Crippen LogP contribution is -1.91. The predicted octanol–water partition coefficient (Wildman–Crippen LogP) is 3.18. The Morgan fingerprint density at radius 1 is 1.38 bits per heavy atom. The molecular formula is C9H6BrIN2. The van der Waals surface area contributed by atoms with Gasteiger partial charge in [-0.15, -0.1) is 0 Å². The first kappa shape index (κ1) is 9.21. The second kappa shape index (κ2) is 3.42. The van der Waals surface area contributed by atoms with Crippen LogP contribution in [0.15, 0.2) is 28.9 Å². The van der Waals surface area contributed by atoms with Crippen molar-refractivity contribution in [2.45, 2.75) is 0 Å². The highest BCUT2D eigenvalue weighted by atomic mass is 127. The van der Waals surface area contributed by atoms with Crippen molar-refractivity contribution in [1.82, 2.24) is 4.98 Å². The third-order valence-corrected chi connectivity index (χ3v) is 3.26. The van der Waals surface area contributed by atoms with Gasteiger partial charge in [0.25, 0.3) is 0 Å². The monoisotopic (exact) mass is 348 g/mol. The Labute approximate surface area is 97.8 Å². The molecule has 0 fully saturated rings. The summed E-state index contributed by atoms with van der Waals surface area (Å²) in [5.41, 5.74) is 5.63. The zero-order chi connectivity index (χ0) is 9.42. The largest absolute Gasteiger partial charge is 0.384 e. The van der Waals surface area contributed by atoms with Gasteiger partial charge < -0.3 is 5.73 Å². The van der Waals surface area contributed by atoms with Crippen LogP contribution >= 0.6 is 38.5 Å². The van der Waals surface area contributed by atoms with Crippen LogP contribution < -0.4 is 5.73 Å². The smallest absolute Gasteiger partial charge is 0.125 e. The summed E-state index contributed by atoms with van der Waals surface area (Å²) in [6.07, 6.45) is 0.